The maximum atomic E-state index is 13.7. The summed E-state index contributed by atoms with van der Waals surface area (Å²) in [5.41, 5.74) is 0.784. The first-order valence-electron chi connectivity index (χ1n) is 5.97. The molecule has 1 aliphatic rings. The molecule has 0 unspecified atom stereocenters. The molecular formula is C13H18FNOS. The van der Waals surface area contributed by atoms with Gasteiger partial charge in [-0.25, -0.2) is 4.39 Å². The smallest absolute Gasteiger partial charge is 0.128 e. The van der Waals surface area contributed by atoms with Gasteiger partial charge in [0.15, 0.2) is 0 Å². The van der Waals surface area contributed by atoms with Gasteiger partial charge in [0.1, 0.15) is 5.82 Å². The molecule has 0 saturated carbocycles. The molecule has 0 aromatic heterocycles. The van der Waals surface area contributed by atoms with E-state index in [0.29, 0.717) is 11.8 Å². The molecule has 2 rings (SSSR count). The molecule has 0 bridgehead atoms. The first kappa shape index (κ1) is 12.9. The standard InChI is InChI=1S/C13H18FNOS/c1-15-9-11-12(14)3-2-4-13(11)17-10-5-7-16-8-6-10/h2-4,10,15H,5-9H2,1H3. The van der Waals surface area contributed by atoms with E-state index in [1.165, 1.54) is 6.07 Å². The SMILES string of the molecule is CNCc1c(F)cccc1SC1CCOCC1. The lowest BCUT2D eigenvalue weighted by Gasteiger charge is -2.22. The summed E-state index contributed by atoms with van der Waals surface area (Å²) >= 11 is 1.79. The second-order valence-corrected chi connectivity index (χ2v) is 5.52. The molecule has 1 heterocycles. The van der Waals surface area contributed by atoms with Crippen molar-refractivity contribution in [3.63, 3.8) is 0 Å². The van der Waals surface area contributed by atoms with Crippen LogP contribution in [0.3, 0.4) is 0 Å². The molecule has 0 amide bonds. The lowest BCUT2D eigenvalue weighted by Crippen LogP contribution is -2.18. The number of rotatable bonds is 4. The predicted octanol–water partition coefficient (Wildman–Crippen LogP) is 2.82. The first-order valence-corrected chi connectivity index (χ1v) is 6.85. The summed E-state index contributed by atoms with van der Waals surface area (Å²) in [6.45, 7) is 2.24. The van der Waals surface area contributed by atoms with E-state index < -0.39 is 0 Å². The average molecular weight is 255 g/mol. The molecule has 1 N–H and O–H groups in total. The molecule has 0 radical (unpaired) electrons. The Morgan fingerprint density at radius 3 is 2.88 bits per heavy atom. The summed E-state index contributed by atoms with van der Waals surface area (Å²) in [5.74, 6) is -0.114. The Bertz CT molecular complexity index is 366. The van der Waals surface area contributed by atoms with Crippen LogP contribution in [0, 0.1) is 5.82 Å². The van der Waals surface area contributed by atoms with Crippen LogP contribution in [-0.4, -0.2) is 25.5 Å². The predicted molar refractivity (Wildman–Crippen MR) is 68.9 cm³/mol. The van der Waals surface area contributed by atoms with E-state index in [2.05, 4.69) is 5.32 Å². The Morgan fingerprint density at radius 2 is 2.18 bits per heavy atom. The van der Waals surface area contributed by atoms with Crippen molar-refractivity contribution in [2.75, 3.05) is 20.3 Å². The van der Waals surface area contributed by atoms with Crippen molar-refractivity contribution in [1.82, 2.24) is 5.32 Å². The van der Waals surface area contributed by atoms with Crippen LogP contribution in [0.1, 0.15) is 18.4 Å². The fourth-order valence-electron chi connectivity index (χ4n) is 1.97. The summed E-state index contributed by atoms with van der Waals surface area (Å²) in [7, 11) is 1.84. The summed E-state index contributed by atoms with van der Waals surface area (Å²) in [5, 5.41) is 3.58. The summed E-state index contributed by atoms with van der Waals surface area (Å²) in [6.07, 6.45) is 2.11. The van der Waals surface area contributed by atoms with Gasteiger partial charge in [0.05, 0.1) is 0 Å². The zero-order valence-electron chi connectivity index (χ0n) is 10.0. The molecule has 17 heavy (non-hydrogen) atoms. The monoisotopic (exact) mass is 255 g/mol. The number of halogens is 1. The highest BCUT2D eigenvalue weighted by Crippen LogP contribution is 2.32. The Balaban J connectivity index is 2.10. The van der Waals surface area contributed by atoms with E-state index in [9.17, 15) is 4.39 Å². The van der Waals surface area contributed by atoms with Crippen LogP contribution >= 0.6 is 11.8 Å². The largest absolute Gasteiger partial charge is 0.381 e. The molecule has 0 aliphatic carbocycles. The van der Waals surface area contributed by atoms with E-state index in [0.717, 1.165) is 36.5 Å². The fraction of sp³-hybridized carbons (Fsp3) is 0.538. The number of thioether (sulfide) groups is 1. The Kier molecular flexibility index (Phi) is 4.83. The molecule has 4 heteroatoms. The van der Waals surface area contributed by atoms with Crippen LogP contribution in [0.5, 0.6) is 0 Å². The number of ether oxygens (including phenoxy) is 1. The lowest BCUT2D eigenvalue weighted by molar-refractivity contribution is 0.1000. The van der Waals surface area contributed by atoms with Gasteiger partial charge in [0.25, 0.3) is 0 Å². The van der Waals surface area contributed by atoms with Gasteiger partial charge in [-0.1, -0.05) is 6.07 Å². The van der Waals surface area contributed by atoms with Gasteiger partial charge in [-0.15, -0.1) is 11.8 Å². The van der Waals surface area contributed by atoms with Crippen molar-refractivity contribution >= 4 is 11.8 Å². The molecular weight excluding hydrogens is 237 g/mol. The zero-order valence-corrected chi connectivity index (χ0v) is 10.9. The molecule has 1 aliphatic heterocycles. The first-order chi connectivity index (χ1) is 8.31. The van der Waals surface area contributed by atoms with E-state index >= 15 is 0 Å². The van der Waals surface area contributed by atoms with E-state index in [-0.39, 0.29) is 5.82 Å². The maximum absolute atomic E-state index is 13.7. The molecule has 0 spiro atoms. The van der Waals surface area contributed by atoms with Crippen LogP contribution in [0.25, 0.3) is 0 Å². The molecule has 2 nitrogen and oxygen atoms in total. The van der Waals surface area contributed by atoms with Gasteiger partial charge in [-0.05, 0) is 32.0 Å². The minimum atomic E-state index is -0.114. The fourth-order valence-corrected chi connectivity index (χ4v) is 3.23. The number of hydrogen-bond donors (Lipinski definition) is 1. The second kappa shape index (κ2) is 6.38. The Hall–Kier alpha value is -0.580. The van der Waals surface area contributed by atoms with E-state index in [4.69, 9.17) is 4.74 Å². The van der Waals surface area contributed by atoms with Crippen LogP contribution in [0.2, 0.25) is 0 Å². The molecule has 0 atom stereocenters. The lowest BCUT2D eigenvalue weighted by atomic mass is 10.2. The molecule has 1 saturated heterocycles. The summed E-state index contributed by atoms with van der Waals surface area (Å²) in [4.78, 5) is 1.06. The normalized spacial score (nSPS) is 17.3. The van der Waals surface area contributed by atoms with Crippen LogP contribution in [-0.2, 0) is 11.3 Å². The summed E-state index contributed by atoms with van der Waals surface area (Å²) in [6, 6.07) is 5.33. The molecule has 1 aromatic rings. The van der Waals surface area contributed by atoms with Crippen LogP contribution in [0.15, 0.2) is 23.1 Å². The Labute approximate surface area is 106 Å². The molecule has 1 aromatic carbocycles. The van der Waals surface area contributed by atoms with Gasteiger partial charge < -0.3 is 10.1 Å². The van der Waals surface area contributed by atoms with Crippen LogP contribution in [0.4, 0.5) is 4.39 Å². The van der Waals surface area contributed by atoms with Crippen molar-refractivity contribution in [3.05, 3.63) is 29.6 Å². The quantitative estimate of drug-likeness (QED) is 0.894. The Morgan fingerprint density at radius 1 is 1.41 bits per heavy atom. The highest BCUT2D eigenvalue weighted by Gasteiger charge is 2.17. The van der Waals surface area contributed by atoms with Crippen molar-refractivity contribution in [2.24, 2.45) is 0 Å². The molecule has 1 fully saturated rings. The van der Waals surface area contributed by atoms with Gasteiger partial charge in [0, 0.05) is 35.5 Å². The van der Waals surface area contributed by atoms with Gasteiger partial charge in [0.2, 0.25) is 0 Å². The minimum absolute atomic E-state index is 0.114. The topological polar surface area (TPSA) is 21.3 Å². The van der Waals surface area contributed by atoms with E-state index in [1.807, 2.05) is 13.1 Å². The third-order valence-corrected chi connectivity index (χ3v) is 4.33. The van der Waals surface area contributed by atoms with Crippen molar-refractivity contribution in [2.45, 2.75) is 29.5 Å². The number of hydrogen-bond acceptors (Lipinski definition) is 3. The highest BCUT2D eigenvalue weighted by atomic mass is 32.2. The van der Waals surface area contributed by atoms with Crippen molar-refractivity contribution < 1.29 is 9.13 Å². The third kappa shape index (κ3) is 3.44. The van der Waals surface area contributed by atoms with Crippen molar-refractivity contribution in [1.29, 1.82) is 0 Å². The van der Waals surface area contributed by atoms with Gasteiger partial charge >= 0.3 is 0 Å². The van der Waals surface area contributed by atoms with Crippen LogP contribution < -0.4 is 5.32 Å². The van der Waals surface area contributed by atoms with E-state index in [1.54, 1.807) is 17.8 Å². The van der Waals surface area contributed by atoms with Crippen molar-refractivity contribution in [3.8, 4) is 0 Å². The average Bonchev–Trinajstić information content (AvgIpc) is 2.35. The summed E-state index contributed by atoms with van der Waals surface area (Å²) < 4.78 is 19.1. The zero-order chi connectivity index (χ0) is 12.1. The van der Waals surface area contributed by atoms with Gasteiger partial charge in [-0.2, -0.15) is 0 Å². The third-order valence-electron chi connectivity index (χ3n) is 2.89. The molecule has 94 valence electrons. The number of nitrogens with one attached hydrogen (secondary N) is 1. The second-order valence-electron chi connectivity index (χ2n) is 4.18. The van der Waals surface area contributed by atoms with Gasteiger partial charge in [-0.3, -0.25) is 0 Å². The minimum Gasteiger partial charge on any atom is -0.381 e. The number of benzene rings is 1. The maximum Gasteiger partial charge on any atom is 0.128 e. The highest BCUT2D eigenvalue weighted by molar-refractivity contribution is 8.00.